The molecule has 1 amide bonds. The quantitative estimate of drug-likeness (QED) is 0.433. The van der Waals surface area contributed by atoms with Gasteiger partial charge in [0.1, 0.15) is 11.4 Å². The van der Waals surface area contributed by atoms with Crippen LogP contribution in [0.5, 0.6) is 5.75 Å². The van der Waals surface area contributed by atoms with E-state index in [1.54, 1.807) is 23.1 Å². The molecule has 1 saturated heterocycles. The smallest absolute Gasteiger partial charge is 0.257 e. The summed E-state index contributed by atoms with van der Waals surface area (Å²) in [6.07, 6.45) is 5.73. The average Bonchev–Trinajstić information content (AvgIpc) is 3.55. The van der Waals surface area contributed by atoms with Gasteiger partial charge in [-0.3, -0.25) is 4.79 Å². The maximum Gasteiger partial charge on any atom is 0.257 e. The Balaban J connectivity index is 1.51. The van der Waals surface area contributed by atoms with Crippen molar-refractivity contribution in [2.24, 2.45) is 0 Å². The number of amides is 1. The number of hydrogen-bond donors (Lipinski definition) is 0. The Hall–Kier alpha value is -3.45. The third-order valence-electron chi connectivity index (χ3n) is 5.84. The molecule has 4 aromatic rings. The van der Waals surface area contributed by atoms with Crippen LogP contribution >= 0.6 is 11.3 Å². The van der Waals surface area contributed by atoms with Gasteiger partial charge in [-0.05, 0) is 49.2 Å². The summed E-state index contributed by atoms with van der Waals surface area (Å²) in [6.45, 7) is 1.43. The zero-order chi connectivity index (χ0) is 21.9. The molecule has 162 valence electrons. The van der Waals surface area contributed by atoms with Crippen molar-refractivity contribution < 1.29 is 9.53 Å². The number of piperidine rings is 1. The molecule has 1 atom stereocenters. The molecule has 7 heteroatoms. The third kappa shape index (κ3) is 4.03. The highest BCUT2D eigenvalue weighted by Gasteiger charge is 2.29. The molecule has 0 radical (unpaired) electrons. The van der Waals surface area contributed by atoms with Crippen molar-refractivity contribution in [1.29, 1.82) is 0 Å². The second kappa shape index (κ2) is 8.96. The predicted molar refractivity (Wildman–Crippen MR) is 126 cm³/mol. The Morgan fingerprint density at radius 1 is 1.12 bits per heavy atom. The SMILES string of the molecule is COc1ccc(-c2nn(-c3ccccc3)cc2C(=O)N2CCCC(c3nccs3)C2)cc1. The fourth-order valence-electron chi connectivity index (χ4n) is 4.18. The van der Waals surface area contributed by atoms with E-state index in [9.17, 15) is 4.79 Å². The van der Waals surface area contributed by atoms with Crippen molar-refractivity contribution >= 4 is 17.2 Å². The van der Waals surface area contributed by atoms with Gasteiger partial charge >= 0.3 is 0 Å². The van der Waals surface area contributed by atoms with Crippen LogP contribution in [0.15, 0.2) is 72.4 Å². The number of ether oxygens (including phenoxy) is 1. The van der Waals surface area contributed by atoms with Crippen LogP contribution in [0.3, 0.4) is 0 Å². The van der Waals surface area contributed by atoms with E-state index in [0.29, 0.717) is 23.7 Å². The number of carbonyl (C=O) groups is 1. The summed E-state index contributed by atoms with van der Waals surface area (Å²) in [5, 5.41) is 7.92. The van der Waals surface area contributed by atoms with Crippen molar-refractivity contribution in [3.05, 3.63) is 82.9 Å². The van der Waals surface area contributed by atoms with Gasteiger partial charge in [-0.2, -0.15) is 5.10 Å². The third-order valence-corrected chi connectivity index (χ3v) is 6.78. The Kier molecular flexibility index (Phi) is 5.73. The van der Waals surface area contributed by atoms with Gasteiger partial charge in [0.15, 0.2) is 0 Å². The number of para-hydroxylation sites is 1. The molecule has 0 saturated carbocycles. The summed E-state index contributed by atoms with van der Waals surface area (Å²) in [5.41, 5.74) is 3.09. The van der Waals surface area contributed by atoms with Gasteiger partial charge in [-0.1, -0.05) is 18.2 Å². The van der Waals surface area contributed by atoms with E-state index >= 15 is 0 Å². The number of hydrogen-bond acceptors (Lipinski definition) is 5. The van der Waals surface area contributed by atoms with Crippen LogP contribution in [-0.2, 0) is 0 Å². The lowest BCUT2D eigenvalue weighted by Gasteiger charge is -2.31. The summed E-state index contributed by atoms with van der Waals surface area (Å²) in [4.78, 5) is 20.1. The zero-order valence-electron chi connectivity index (χ0n) is 17.8. The van der Waals surface area contributed by atoms with Gasteiger partial charge in [0.25, 0.3) is 5.91 Å². The van der Waals surface area contributed by atoms with Crippen molar-refractivity contribution in [3.63, 3.8) is 0 Å². The number of thiazole rings is 1. The van der Waals surface area contributed by atoms with E-state index in [1.165, 1.54) is 0 Å². The first-order valence-corrected chi connectivity index (χ1v) is 11.6. The van der Waals surface area contributed by atoms with Gasteiger partial charge in [-0.15, -0.1) is 11.3 Å². The molecule has 6 nitrogen and oxygen atoms in total. The Bertz CT molecular complexity index is 1190. The van der Waals surface area contributed by atoms with E-state index in [-0.39, 0.29) is 5.91 Å². The second-order valence-corrected chi connectivity index (χ2v) is 8.79. The van der Waals surface area contributed by atoms with Crippen molar-refractivity contribution in [1.82, 2.24) is 19.7 Å². The van der Waals surface area contributed by atoms with Crippen LogP contribution in [0.4, 0.5) is 0 Å². The van der Waals surface area contributed by atoms with Crippen LogP contribution in [-0.4, -0.2) is 45.8 Å². The molecule has 3 heterocycles. The number of aromatic nitrogens is 3. The molecular weight excluding hydrogens is 420 g/mol. The lowest BCUT2D eigenvalue weighted by Crippen LogP contribution is -2.39. The number of likely N-dealkylation sites (tertiary alicyclic amines) is 1. The molecule has 32 heavy (non-hydrogen) atoms. The minimum atomic E-state index is 0.0132. The zero-order valence-corrected chi connectivity index (χ0v) is 18.7. The monoisotopic (exact) mass is 444 g/mol. The summed E-state index contributed by atoms with van der Waals surface area (Å²) >= 11 is 1.67. The summed E-state index contributed by atoms with van der Waals surface area (Å²) in [5.74, 6) is 1.08. The van der Waals surface area contributed by atoms with Gasteiger partial charge in [-0.25, -0.2) is 9.67 Å². The number of carbonyl (C=O) groups excluding carboxylic acids is 1. The molecule has 0 bridgehead atoms. The molecule has 2 aromatic carbocycles. The first kappa shape index (κ1) is 20.5. The van der Waals surface area contributed by atoms with E-state index in [0.717, 1.165) is 41.4 Å². The number of nitrogens with zero attached hydrogens (tertiary/aromatic N) is 4. The highest BCUT2D eigenvalue weighted by atomic mass is 32.1. The highest BCUT2D eigenvalue weighted by Crippen LogP contribution is 2.31. The van der Waals surface area contributed by atoms with Crippen molar-refractivity contribution in [2.75, 3.05) is 20.2 Å². The fraction of sp³-hybridized carbons (Fsp3) is 0.240. The number of benzene rings is 2. The number of rotatable bonds is 5. The Morgan fingerprint density at radius 2 is 1.94 bits per heavy atom. The molecule has 1 unspecified atom stereocenters. The standard InChI is InChI=1S/C25H24N4O2S/c1-31-21-11-9-18(10-12-21)23-22(17-29(27-23)20-7-3-2-4-8-20)25(30)28-14-5-6-19(16-28)24-26-13-15-32-24/h2-4,7-13,15,17,19H,5-6,14,16H2,1H3. The molecular formula is C25H24N4O2S. The lowest BCUT2D eigenvalue weighted by atomic mass is 9.97. The minimum absolute atomic E-state index is 0.0132. The average molecular weight is 445 g/mol. The second-order valence-electron chi connectivity index (χ2n) is 7.86. The molecule has 0 N–H and O–H groups in total. The summed E-state index contributed by atoms with van der Waals surface area (Å²) < 4.78 is 7.08. The molecule has 5 rings (SSSR count). The van der Waals surface area contributed by atoms with Crippen LogP contribution < -0.4 is 4.74 Å². The maximum atomic E-state index is 13.7. The van der Waals surface area contributed by atoms with Crippen molar-refractivity contribution in [3.8, 4) is 22.7 Å². The van der Waals surface area contributed by atoms with E-state index in [4.69, 9.17) is 9.84 Å². The van der Waals surface area contributed by atoms with Gasteiger partial charge < -0.3 is 9.64 Å². The van der Waals surface area contributed by atoms with Crippen molar-refractivity contribution in [2.45, 2.75) is 18.8 Å². The summed E-state index contributed by atoms with van der Waals surface area (Å²) in [6, 6.07) is 17.6. The van der Waals surface area contributed by atoms with E-state index in [1.807, 2.05) is 77.3 Å². The van der Waals surface area contributed by atoms with E-state index in [2.05, 4.69) is 4.98 Å². The highest BCUT2D eigenvalue weighted by molar-refractivity contribution is 7.09. The van der Waals surface area contributed by atoms with E-state index < -0.39 is 0 Å². The van der Waals surface area contributed by atoms with Gasteiger partial charge in [0, 0.05) is 42.3 Å². The molecule has 1 aliphatic rings. The van der Waals surface area contributed by atoms with Gasteiger partial charge in [0.05, 0.1) is 23.4 Å². The predicted octanol–water partition coefficient (Wildman–Crippen LogP) is 5.02. The van der Waals surface area contributed by atoms with Gasteiger partial charge in [0.2, 0.25) is 0 Å². The van der Waals surface area contributed by atoms with Crippen LogP contribution in [0.1, 0.15) is 34.1 Å². The molecule has 0 spiro atoms. The topological polar surface area (TPSA) is 60.3 Å². The first-order chi connectivity index (χ1) is 15.7. The van der Waals surface area contributed by atoms with Crippen LogP contribution in [0, 0.1) is 0 Å². The molecule has 0 aliphatic carbocycles. The molecule has 1 aliphatic heterocycles. The van der Waals surface area contributed by atoms with Crippen LogP contribution in [0.25, 0.3) is 16.9 Å². The molecule has 1 fully saturated rings. The largest absolute Gasteiger partial charge is 0.497 e. The maximum absolute atomic E-state index is 13.7. The Labute approximate surface area is 191 Å². The number of methoxy groups -OCH3 is 1. The normalized spacial score (nSPS) is 16.2. The Morgan fingerprint density at radius 3 is 2.66 bits per heavy atom. The lowest BCUT2D eigenvalue weighted by molar-refractivity contribution is 0.0708. The first-order valence-electron chi connectivity index (χ1n) is 10.7. The van der Waals surface area contributed by atoms with Crippen LogP contribution in [0.2, 0.25) is 0 Å². The fourth-order valence-corrected chi connectivity index (χ4v) is 4.94. The molecule has 2 aromatic heterocycles. The summed E-state index contributed by atoms with van der Waals surface area (Å²) in [7, 11) is 1.64. The minimum Gasteiger partial charge on any atom is -0.497 e.